The fourth-order valence-corrected chi connectivity index (χ4v) is 7.94. The number of unbranched alkanes of at least 4 members (excludes halogenated alkanes) is 13. The number of hydrogen-bond donors (Lipinski definition) is 1. The van der Waals surface area contributed by atoms with Gasteiger partial charge >= 0.3 is 12.1 Å². The number of aliphatic hydroxyl groups is 1. The first-order valence-corrected chi connectivity index (χ1v) is 17.7. The minimum Gasteiger partial charge on any atom is -0.454 e. The largest absolute Gasteiger partial charge is 0.508 e. The Labute approximate surface area is 227 Å². The zero-order valence-electron chi connectivity index (χ0n) is 24.5. The maximum atomic E-state index is 12.2. The summed E-state index contributed by atoms with van der Waals surface area (Å²) in [5.74, 6) is -0.743. The Morgan fingerprint density at radius 1 is 0.811 bits per heavy atom. The van der Waals surface area contributed by atoms with E-state index in [0.717, 1.165) is 37.4 Å². The highest BCUT2D eigenvalue weighted by Gasteiger charge is 2.56. The summed E-state index contributed by atoms with van der Waals surface area (Å²) in [6.45, 7) is 10.0. The lowest BCUT2D eigenvalue weighted by Gasteiger charge is -2.36. The van der Waals surface area contributed by atoms with Crippen molar-refractivity contribution in [2.45, 2.75) is 160 Å². The van der Waals surface area contributed by atoms with Crippen molar-refractivity contribution in [2.75, 3.05) is 13.2 Å². The Bertz CT molecular complexity index is 613. The Kier molecular flexibility index (Phi) is 17.4. The van der Waals surface area contributed by atoms with Crippen LogP contribution < -0.4 is 0 Å². The summed E-state index contributed by atoms with van der Waals surface area (Å²) in [4.78, 5) is 24.3. The minimum absolute atomic E-state index is 0.189. The van der Waals surface area contributed by atoms with Gasteiger partial charge in [-0.2, -0.15) is 0 Å². The molecular weight excluding hydrogens is 488 g/mol. The zero-order valence-corrected chi connectivity index (χ0v) is 25.5. The van der Waals surface area contributed by atoms with E-state index < -0.39 is 38.3 Å². The molecule has 1 fully saturated rings. The van der Waals surface area contributed by atoms with Crippen molar-refractivity contribution in [3.63, 3.8) is 0 Å². The van der Waals surface area contributed by atoms with Crippen LogP contribution in [0.5, 0.6) is 0 Å². The highest BCUT2D eigenvalue weighted by molar-refractivity contribution is 6.73. The quantitative estimate of drug-likeness (QED) is 0.0848. The number of hydrogen-bond acceptors (Lipinski definition) is 7. The normalized spacial score (nSPS) is 21.7. The van der Waals surface area contributed by atoms with Crippen LogP contribution in [-0.4, -0.2) is 56.6 Å². The van der Waals surface area contributed by atoms with E-state index in [2.05, 4.69) is 27.7 Å². The number of rotatable bonds is 22. The molecule has 0 saturated carbocycles. The molecule has 8 heteroatoms. The van der Waals surface area contributed by atoms with Crippen molar-refractivity contribution in [1.82, 2.24) is 0 Å². The number of carbonyl (C=O) groups is 2. The van der Waals surface area contributed by atoms with Crippen LogP contribution in [0.15, 0.2) is 0 Å². The molecule has 37 heavy (non-hydrogen) atoms. The molecule has 1 aliphatic heterocycles. The summed E-state index contributed by atoms with van der Waals surface area (Å²) in [7, 11) is -2.12. The summed E-state index contributed by atoms with van der Waals surface area (Å²) < 4.78 is 22.1. The predicted octanol–water partition coefficient (Wildman–Crippen LogP) is 7.69. The Hall–Kier alpha value is -1.12. The summed E-state index contributed by atoms with van der Waals surface area (Å²) in [6, 6.07) is 2.61. The van der Waals surface area contributed by atoms with E-state index in [1.54, 1.807) is 0 Å². The molecule has 0 aliphatic carbocycles. The predicted molar refractivity (Wildman–Crippen MR) is 150 cm³/mol. The number of carbonyl (C=O) groups excluding carboxylic acids is 2. The molecule has 1 heterocycles. The van der Waals surface area contributed by atoms with E-state index in [0.29, 0.717) is 6.61 Å². The van der Waals surface area contributed by atoms with Crippen LogP contribution in [0.4, 0.5) is 4.79 Å². The van der Waals surface area contributed by atoms with Gasteiger partial charge in [0, 0.05) is 0 Å². The highest BCUT2D eigenvalue weighted by Crippen LogP contribution is 2.34. The first-order valence-electron chi connectivity index (χ1n) is 15.2. The molecule has 1 rings (SSSR count). The van der Waals surface area contributed by atoms with Gasteiger partial charge in [0.15, 0.2) is 20.0 Å². The number of cyclic esters (lactones) is 1. The summed E-state index contributed by atoms with van der Waals surface area (Å²) in [5, 5.41) is 10.7. The molecule has 0 unspecified atom stereocenters. The average Bonchev–Trinajstić information content (AvgIpc) is 3.10. The molecule has 218 valence electrons. The van der Waals surface area contributed by atoms with Gasteiger partial charge < -0.3 is 23.7 Å². The molecule has 0 aromatic heterocycles. The van der Waals surface area contributed by atoms with Crippen LogP contribution in [-0.2, 0) is 23.4 Å². The molecule has 7 nitrogen and oxygen atoms in total. The third-order valence-electron chi connectivity index (χ3n) is 7.96. The fourth-order valence-electron chi connectivity index (χ4n) is 5.02. The average molecular weight is 545 g/mol. The Balaban J connectivity index is 2.16. The lowest BCUT2D eigenvalue weighted by Crippen LogP contribution is -2.53. The second-order valence-electron chi connectivity index (χ2n) is 10.9. The van der Waals surface area contributed by atoms with Gasteiger partial charge in [-0.1, -0.05) is 111 Å². The van der Waals surface area contributed by atoms with Crippen molar-refractivity contribution >= 4 is 20.4 Å². The van der Waals surface area contributed by atoms with E-state index >= 15 is 0 Å². The Morgan fingerprint density at radius 3 is 1.73 bits per heavy atom. The molecule has 0 radical (unpaired) electrons. The van der Waals surface area contributed by atoms with E-state index in [9.17, 15) is 14.7 Å². The molecule has 0 spiro atoms. The van der Waals surface area contributed by atoms with Crippen LogP contribution in [0.3, 0.4) is 0 Å². The SMILES string of the molecule is CCCCCCCCCCCCCCCCOC(=O)OC[C@H]1OC(=O)[C@@](C)(O)[C@@H]1O[Si](CC)(CC)CC. The number of ether oxygens (including phenoxy) is 3. The lowest BCUT2D eigenvalue weighted by atomic mass is 9.99. The van der Waals surface area contributed by atoms with E-state index in [1.807, 2.05) is 0 Å². The smallest absolute Gasteiger partial charge is 0.454 e. The van der Waals surface area contributed by atoms with Gasteiger partial charge in [0.1, 0.15) is 12.7 Å². The molecule has 0 aromatic rings. The third kappa shape index (κ3) is 12.5. The second-order valence-corrected chi connectivity index (χ2v) is 15.6. The maximum Gasteiger partial charge on any atom is 0.508 e. The molecule has 1 N–H and O–H groups in total. The maximum absolute atomic E-state index is 12.2. The topological polar surface area (TPSA) is 91.3 Å². The van der Waals surface area contributed by atoms with E-state index in [4.69, 9.17) is 18.6 Å². The van der Waals surface area contributed by atoms with Gasteiger partial charge in [0.2, 0.25) is 0 Å². The van der Waals surface area contributed by atoms with Crippen LogP contribution in [0.1, 0.15) is 125 Å². The molecular formula is C29H56O7Si. The van der Waals surface area contributed by atoms with Crippen LogP contribution in [0.2, 0.25) is 18.1 Å². The summed E-state index contributed by atoms with van der Waals surface area (Å²) in [5.41, 5.74) is -1.76. The van der Waals surface area contributed by atoms with Crippen molar-refractivity contribution < 1.29 is 33.3 Å². The summed E-state index contributed by atoms with van der Waals surface area (Å²) in [6.07, 6.45) is 15.3. The van der Waals surface area contributed by atoms with Crippen LogP contribution in [0.25, 0.3) is 0 Å². The van der Waals surface area contributed by atoms with Crippen molar-refractivity contribution in [3.05, 3.63) is 0 Å². The van der Waals surface area contributed by atoms with E-state index in [-0.39, 0.29) is 6.61 Å². The van der Waals surface area contributed by atoms with E-state index in [1.165, 1.54) is 77.6 Å². The highest BCUT2D eigenvalue weighted by atomic mass is 28.4. The molecule has 0 aromatic carbocycles. The molecule has 0 amide bonds. The number of esters is 1. The third-order valence-corrected chi connectivity index (χ3v) is 12.6. The first kappa shape index (κ1) is 33.9. The van der Waals surface area contributed by atoms with Gasteiger partial charge in [-0.3, -0.25) is 0 Å². The Morgan fingerprint density at radius 2 is 1.27 bits per heavy atom. The monoisotopic (exact) mass is 544 g/mol. The first-order chi connectivity index (χ1) is 17.8. The van der Waals surface area contributed by atoms with Gasteiger partial charge in [-0.25, -0.2) is 9.59 Å². The standard InChI is InChI=1S/C29H56O7Si/c1-6-10-11-12-13-14-15-16-17-18-19-20-21-22-23-33-28(31)34-24-25-26(29(5,32)27(30)35-25)36-37(7-2,8-3)9-4/h25-26,32H,6-24H2,1-5H3/t25-,26-,29+/m1/s1. The molecule has 1 saturated heterocycles. The summed E-state index contributed by atoms with van der Waals surface area (Å²) >= 11 is 0. The fraction of sp³-hybridized carbons (Fsp3) is 0.931. The van der Waals surface area contributed by atoms with Gasteiger partial charge in [-0.05, 0) is 31.5 Å². The molecule has 3 atom stereocenters. The minimum atomic E-state index is -2.12. The van der Waals surface area contributed by atoms with Gasteiger partial charge in [0.05, 0.1) is 6.61 Å². The van der Waals surface area contributed by atoms with Crippen LogP contribution >= 0.6 is 0 Å². The zero-order chi connectivity index (χ0) is 27.6. The van der Waals surface area contributed by atoms with Gasteiger partial charge in [0.25, 0.3) is 0 Å². The van der Waals surface area contributed by atoms with Crippen molar-refractivity contribution in [2.24, 2.45) is 0 Å². The molecule has 0 bridgehead atoms. The second kappa shape index (κ2) is 19.0. The molecule has 1 aliphatic rings. The van der Waals surface area contributed by atoms with Crippen molar-refractivity contribution in [3.8, 4) is 0 Å². The lowest BCUT2D eigenvalue weighted by molar-refractivity contribution is -0.155. The van der Waals surface area contributed by atoms with Gasteiger partial charge in [-0.15, -0.1) is 0 Å². The van der Waals surface area contributed by atoms with Crippen LogP contribution in [0, 0.1) is 0 Å². The van der Waals surface area contributed by atoms with Crippen molar-refractivity contribution in [1.29, 1.82) is 0 Å².